The van der Waals surface area contributed by atoms with Gasteiger partial charge in [-0.15, -0.1) is 0 Å². The molecule has 2 aromatic heterocycles. The van der Waals surface area contributed by atoms with E-state index in [1.165, 1.54) is 31.0 Å². The number of aromatic nitrogens is 3. The van der Waals surface area contributed by atoms with Gasteiger partial charge >= 0.3 is 5.69 Å². The number of carbonyl (C=O) groups excluding carboxylic acids is 1. The van der Waals surface area contributed by atoms with Crippen LogP contribution in [0.1, 0.15) is 0 Å². The Morgan fingerprint density at radius 1 is 1.11 bits per heavy atom. The van der Waals surface area contributed by atoms with Gasteiger partial charge in [-0.05, 0) is 30.3 Å². The molecular formula is C18H18N4O5. The van der Waals surface area contributed by atoms with Gasteiger partial charge in [0.25, 0.3) is 5.56 Å². The van der Waals surface area contributed by atoms with Crippen LogP contribution in [0.2, 0.25) is 0 Å². The van der Waals surface area contributed by atoms with Crippen LogP contribution in [0.4, 0.5) is 5.69 Å². The van der Waals surface area contributed by atoms with Gasteiger partial charge in [0.15, 0.2) is 5.65 Å². The molecule has 0 saturated heterocycles. The number of carbonyl (C=O) groups is 1. The summed E-state index contributed by atoms with van der Waals surface area (Å²) in [6.07, 6.45) is 1.45. The van der Waals surface area contributed by atoms with Gasteiger partial charge in [-0.25, -0.2) is 14.3 Å². The molecule has 1 aromatic carbocycles. The minimum absolute atomic E-state index is 0.138. The van der Waals surface area contributed by atoms with Crippen molar-refractivity contribution < 1.29 is 14.3 Å². The number of fused-ring (bicyclic) bond motifs is 1. The Hall–Kier alpha value is -3.62. The third-order valence-corrected chi connectivity index (χ3v) is 4.08. The number of benzene rings is 1. The van der Waals surface area contributed by atoms with E-state index in [0.717, 1.165) is 4.57 Å². The van der Waals surface area contributed by atoms with Crippen LogP contribution in [0.3, 0.4) is 0 Å². The van der Waals surface area contributed by atoms with Crippen molar-refractivity contribution in [2.24, 2.45) is 7.05 Å². The van der Waals surface area contributed by atoms with Crippen LogP contribution in [0, 0.1) is 0 Å². The largest absolute Gasteiger partial charge is 0.497 e. The van der Waals surface area contributed by atoms with E-state index in [4.69, 9.17) is 9.47 Å². The van der Waals surface area contributed by atoms with E-state index < -0.39 is 23.7 Å². The highest BCUT2D eigenvalue weighted by molar-refractivity contribution is 5.91. The van der Waals surface area contributed by atoms with Gasteiger partial charge in [-0.3, -0.25) is 14.2 Å². The summed E-state index contributed by atoms with van der Waals surface area (Å²) in [6, 6.07) is 8.21. The molecule has 0 aliphatic carbocycles. The summed E-state index contributed by atoms with van der Waals surface area (Å²) in [5.74, 6) is 0.415. The number of ether oxygens (including phenoxy) is 2. The highest BCUT2D eigenvalue weighted by Crippen LogP contribution is 2.18. The molecule has 27 heavy (non-hydrogen) atoms. The van der Waals surface area contributed by atoms with Crippen LogP contribution in [-0.4, -0.2) is 34.2 Å². The summed E-state index contributed by atoms with van der Waals surface area (Å²) in [6.45, 7) is -0.439. The number of anilines is 1. The summed E-state index contributed by atoms with van der Waals surface area (Å²) in [5, 5.41) is 2.78. The molecule has 0 spiro atoms. The lowest BCUT2D eigenvalue weighted by Gasteiger charge is -2.12. The second-order valence-corrected chi connectivity index (χ2v) is 5.72. The van der Waals surface area contributed by atoms with Crippen molar-refractivity contribution in [1.29, 1.82) is 0 Å². The van der Waals surface area contributed by atoms with Gasteiger partial charge in [0, 0.05) is 18.9 Å². The third kappa shape index (κ3) is 3.39. The maximum absolute atomic E-state index is 12.8. The number of methoxy groups -OCH3 is 2. The first-order chi connectivity index (χ1) is 13.0. The number of amides is 1. The second kappa shape index (κ2) is 7.32. The van der Waals surface area contributed by atoms with Crippen molar-refractivity contribution in [2.45, 2.75) is 6.54 Å². The molecule has 9 nitrogen and oxygen atoms in total. The molecule has 3 aromatic rings. The second-order valence-electron chi connectivity index (χ2n) is 5.72. The minimum atomic E-state index is -0.641. The normalized spacial score (nSPS) is 10.6. The lowest BCUT2D eigenvalue weighted by Crippen LogP contribution is -2.42. The van der Waals surface area contributed by atoms with Crippen molar-refractivity contribution >= 4 is 22.6 Å². The van der Waals surface area contributed by atoms with Gasteiger partial charge in [0.1, 0.15) is 23.4 Å². The number of rotatable bonds is 5. The minimum Gasteiger partial charge on any atom is -0.497 e. The third-order valence-electron chi connectivity index (χ3n) is 4.08. The van der Waals surface area contributed by atoms with Crippen LogP contribution in [0.5, 0.6) is 11.5 Å². The van der Waals surface area contributed by atoms with E-state index in [1.54, 1.807) is 31.4 Å². The Bertz CT molecular complexity index is 1120. The molecule has 3 rings (SSSR count). The summed E-state index contributed by atoms with van der Waals surface area (Å²) < 4.78 is 12.3. The molecule has 0 aliphatic rings. The maximum atomic E-state index is 12.8. The molecule has 0 radical (unpaired) electrons. The number of pyridine rings is 1. The zero-order chi connectivity index (χ0) is 19.6. The van der Waals surface area contributed by atoms with Crippen molar-refractivity contribution in [3.8, 4) is 11.5 Å². The van der Waals surface area contributed by atoms with Crippen molar-refractivity contribution in [1.82, 2.24) is 14.1 Å². The summed E-state index contributed by atoms with van der Waals surface area (Å²) >= 11 is 0. The Morgan fingerprint density at radius 2 is 1.81 bits per heavy atom. The molecule has 140 valence electrons. The smallest absolute Gasteiger partial charge is 0.332 e. The molecule has 2 heterocycles. The molecule has 0 saturated carbocycles. The van der Waals surface area contributed by atoms with E-state index in [9.17, 15) is 14.4 Å². The molecule has 0 bridgehead atoms. The van der Waals surface area contributed by atoms with Crippen LogP contribution in [-0.2, 0) is 18.4 Å². The Morgan fingerprint density at radius 3 is 2.44 bits per heavy atom. The van der Waals surface area contributed by atoms with Gasteiger partial charge in [0.2, 0.25) is 5.91 Å². The van der Waals surface area contributed by atoms with E-state index in [0.29, 0.717) is 11.4 Å². The number of hydrogen-bond donors (Lipinski definition) is 1. The maximum Gasteiger partial charge on any atom is 0.332 e. The summed E-state index contributed by atoms with van der Waals surface area (Å²) in [5.41, 5.74) is -0.567. The molecule has 0 atom stereocenters. The van der Waals surface area contributed by atoms with Crippen molar-refractivity contribution in [3.63, 3.8) is 0 Å². The van der Waals surface area contributed by atoms with E-state index in [-0.39, 0.29) is 16.8 Å². The first kappa shape index (κ1) is 18.2. The summed E-state index contributed by atoms with van der Waals surface area (Å²) in [7, 11) is 4.44. The average Bonchev–Trinajstić information content (AvgIpc) is 2.69. The van der Waals surface area contributed by atoms with Crippen molar-refractivity contribution in [3.05, 3.63) is 57.4 Å². The number of nitrogens with zero attached hydrogens (tertiary/aromatic N) is 3. The van der Waals surface area contributed by atoms with E-state index in [1.807, 2.05) is 0 Å². The van der Waals surface area contributed by atoms with Crippen molar-refractivity contribution in [2.75, 3.05) is 19.5 Å². The standard InChI is InChI=1S/C18H18N4O5/c1-21-16-15(13(27-3)8-9-19-16)17(24)22(18(21)25)10-14(23)20-11-4-6-12(26-2)7-5-11/h4-9H,10H2,1-3H3,(H,20,23). The fourth-order valence-corrected chi connectivity index (χ4v) is 2.71. The van der Waals surface area contributed by atoms with Crippen LogP contribution in [0.15, 0.2) is 46.1 Å². The number of aryl methyl sites for hydroxylation is 1. The predicted octanol–water partition coefficient (Wildman–Crippen LogP) is 0.751. The fourth-order valence-electron chi connectivity index (χ4n) is 2.71. The van der Waals surface area contributed by atoms with Crippen LogP contribution < -0.4 is 26.0 Å². The number of hydrogen-bond acceptors (Lipinski definition) is 6. The Labute approximate surface area is 153 Å². The van der Waals surface area contributed by atoms with Gasteiger partial charge in [-0.2, -0.15) is 0 Å². The van der Waals surface area contributed by atoms with E-state index in [2.05, 4.69) is 10.3 Å². The van der Waals surface area contributed by atoms with Crippen LogP contribution >= 0.6 is 0 Å². The Balaban J connectivity index is 1.97. The first-order valence-corrected chi connectivity index (χ1v) is 8.02. The highest BCUT2D eigenvalue weighted by Gasteiger charge is 2.17. The summed E-state index contributed by atoms with van der Waals surface area (Å²) in [4.78, 5) is 41.7. The van der Waals surface area contributed by atoms with Gasteiger partial charge in [-0.1, -0.05) is 0 Å². The zero-order valence-electron chi connectivity index (χ0n) is 15.1. The zero-order valence-corrected chi connectivity index (χ0v) is 15.1. The first-order valence-electron chi connectivity index (χ1n) is 8.02. The monoisotopic (exact) mass is 370 g/mol. The molecule has 0 fully saturated rings. The lowest BCUT2D eigenvalue weighted by atomic mass is 10.3. The Kier molecular flexibility index (Phi) is 4.93. The lowest BCUT2D eigenvalue weighted by molar-refractivity contribution is -0.116. The number of nitrogens with one attached hydrogen (secondary N) is 1. The fraction of sp³-hybridized carbons (Fsp3) is 0.222. The van der Waals surface area contributed by atoms with Crippen LogP contribution in [0.25, 0.3) is 11.0 Å². The molecule has 9 heteroatoms. The SMILES string of the molecule is COc1ccc(NC(=O)Cn2c(=O)c3c(OC)ccnc3n(C)c2=O)cc1. The van der Waals surface area contributed by atoms with E-state index >= 15 is 0 Å². The topological polar surface area (TPSA) is 104 Å². The highest BCUT2D eigenvalue weighted by atomic mass is 16.5. The molecule has 1 N–H and O–H groups in total. The molecule has 0 aliphatic heterocycles. The molecular weight excluding hydrogens is 352 g/mol. The quantitative estimate of drug-likeness (QED) is 0.711. The molecule has 0 unspecified atom stereocenters. The predicted molar refractivity (Wildman–Crippen MR) is 99.4 cm³/mol. The average molecular weight is 370 g/mol. The molecule has 1 amide bonds. The van der Waals surface area contributed by atoms with Gasteiger partial charge < -0.3 is 14.8 Å². The van der Waals surface area contributed by atoms with Gasteiger partial charge in [0.05, 0.1) is 14.2 Å².